The minimum absolute atomic E-state index is 0.0332. The van der Waals surface area contributed by atoms with E-state index in [1.165, 1.54) is 16.3 Å². The van der Waals surface area contributed by atoms with Gasteiger partial charge in [0.15, 0.2) is 0 Å². The van der Waals surface area contributed by atoms with Gasteiger partial charge in [-0.05, 0) is 100 Å². The van der Waals surface area contributed by atoms with Crippen LogP contribution in [0.1, 0.15) is 76.1 Å². The molecule has 240 valence electrons. The maximum Gasteiger partial charge on any atom is 0.410 e. The molecule has 2 aromatic heterocycles. The van der Waals surface area contributed by atoms with Crippen LogP contribution in [0.2, 0.25) is 0 Å². The van der Waals surface area contributed by atoms with E-state index in [2.05, 4.69) is 70.4 Å². The van der Waals surface area contributed by atoms with Crippen LogP contribution in [-0.4, -0.2) is 63.0 Å². The highest BCUT2D eigenvalue weighted by atomic mass is 16.6. The summed E-state index contributed by atoms with van der Waals surface area (Å²) in [5.74, 6) is 7.43. The molecule has 4 aromatic rings. The molecule has 8 nitrogen and oxygen atoms in total. The summed E-state index contributed by atoms with van der Waals surface area (Å²) in [4.78, 5) is 33.9. The molecule has 2 aliphatic heterocycles. The predicted molar refractivity (Wildman–Crippen MR) is 181 cm³/mol. The van der Waals surface area contributed by atoms with E-state index in [0.717, 1.165) is 55.4 Å². The van der Waals surface area contributed by atoms with Crippen LogP contribution in [0.3, 0.4) is 0 Å². The van der Waals surface area contributed by atoms with Gasteiger partial charge in [-0.3, -0.25) is 9.69 Å². The molecule has 0 bridgehead atoms. The first-order valence-electron chi connectivity index (χ1n) is 16.6. The van der Waals surface area contributed by atoms with Crippen LogP contribution in [0.5, 0.6) is 0 Å². The number of ether oxygens (including phenoxy) is 1. The Bertz CT molecular complexity index is 1760. The zero-order valence-electron chi connectivity index (χ0n) is 27.5. The fraction of sp³-hybridized carbons (Fsp3) is 0.447. The van der Waals surface area contributed by atoms with Crippen LogP contribution >= 0.6 is 0 Å². The summed E-state index contributed by atoms with van der Waals surface area (Å²) in [6.07, 6.45) is 8.81. The predicted octanol–water partition coefficient (Wildman–Crippen LogP) is 6.58. The van der Waals surface area contributed by atoms with Gasteiger partial charge in [0.05, 0.1) is 18.0 Å². The van der Waals surface area contributed by atoms with E-state index in [4.69, 9.17) is 4.74 Å². The van der Waals surface area contributed by atoms with E-state index in [0.29, 0.717) is 19.6 Å². The van der Waals surface area contributed by atoms with E-state index in [9.17, 15) is 9.59 Å². The monoisotopic (exact) mass is 619 g/mol. The van der Waals surface area contributed by atoms with Crippen molar-refractivity contribution in [3.63, 3.8) is 0 Å². The van der Waals surface area contributed by atoms with E-state index in [1.54, 1.807) is 11.2 Å². The lowest BCUT2D eigenvalue weighted by Crippen LogP contribution is -2.41. The Hall–Kier alpha value is -4.35. The highest BCUT2D eigenvalue weighted by molar-refractivity contribution is 5.91. The number of carbonyl (C=O) groups is 2. The van der Waals surface area contributed by atoms with Crippen LogP contribution in [0.25, 0.3) is 16.3 Å². The van der Waals surface area contributed by atoms with Crippen molar-refractivity contribution in [1.82, 2.24) is 24.5 Å². The smallest absolute Gasteiger partial charge is 0.410 e. The number of piperidine rings is 2. The van der Waals surface area contributed by atoms with Gasteiger partial charge in [0, 0.05) is 49.3 Å². The van der Waals surface area contributed by atoms with Crippen LogP contribution in [0, 0.1) is 23.7 Å². The van der Waals surface area contributed by atoms with Crippen molar-refractivity contribution in [2.75, 3.05) is 26.2 Å². The number of rotatable bonds is 5. The Morgan fingerprint density at radius 2 is 1.72 bits per heavy atom. The molecule has 2 aliphatic rings. The minimum atomic E-state index is -0.483. The van der Waals surface area contributed by atoms with Crippen LogP contribution in [-0.2, 0) is 16.1 Å². The molecule has 0 radical (unpaired) electrons. The third-order valence-corrected chi connectivity index (χ3v) is 9.35. The van der Waals surface area contributed by atoms with E-state index >= 15 is 0 Å². The molecular weight excluding hydrogens is 574 g/mol. The summed E-state index contributed by atoms with van der Waals surface area (Å²) in [6.45, 7) is 11.6. The fourth-order valence-corrected chi connectivity index (χ4v) is 6.66. The molecule has 0 aliphatic carbocycles. The van der Waals surface area contributed by atoms with Crippen molar-refractivity contribution in [2.24, 2.45) is 11.8 Å². The Balaban J connectivity index is 1.05. The molecule has 0 saturated carbocycles. The van der Waals surface area contributed by atoms with Gasteiger partial charge >= 0.3 is 6.09 Å². The molecule has 2 saturated heterocycles. The number of aromatic nitrogens is 2. The molecule has 6 rings (SSSR count). The molecule has 1 N–H and O–H groups in total. The van der Waals surface area contributed by atoms with Crippen LogP contribution in [0.4, 0.5) is 4.79 Å². The summed E-state index contributed by atoms with van der Waals surface area (Å²) in [5, 5.41) is 5.56. The summed E-state index contributed by atoms with van der Waals surface area (Å²) in [5.41, 5.74) is 3.96. The number of hydrogen-bond acceptors (Lipinski definition) is 5. The standard InChI is InChI=1S/C38H45N5O3/c1-27(41-21-17-31(18-22-41)36(44)40-23-29-10-13-32-24-39-26-43(32)25-29)33-14-12-30(34-7-5-6-8-35(33)34)11-9-28-15-19-42(20-16-28)37(45)46-38(2,3)4/h5-8,10,12-14,24-28,31H,15-23H2,1-4H3,(H,40,44)/t27-/m1/s1. The van der Waals surface area contributed by atoms with Gasteiger partial charge in [0.1, 0.15) is 5.60 Å². The highest BCUT2D eigenvalue weighted by Gasteiger charge is 2.29. The molecule has 0 spiro atoms. The summed E-state index contributed by atoms with van der Waals surface area (Å²) >= 11 is 0. The Morgan fingerprint density at radius 3 is 2.46 bits per heavy atom. The SMILES string of the molecule is C[C@H](c1ccc(C#CC2CCN(C(=O)OC(C)(C)C)CC2)c2ccccc12)N1CCC(C(=O)NCc2ccc3cncn3c2)CC1. The largest absolute Gasteiger partial charge is 0.444 e. The molecular formula is C38H45N5O3. The lowest BCUT2D eigenvalue weighted by molar-refractivity contribution is -0.126. The average Bonchev–Trinajstić information content (AvgIpc) is 3.53. The van der Waals surface area contributed by atoms with Gasteiger partial charge < -0.3 is 19.4 Å². The number of fused-ring (bicyclic) bond motifs is 2. The van der Waals surface area contributed by atoms with Gasteiger partial charge in [0.2, 0.25) is 5.91 Å². The van der Waals surface area contributed by atoms with Crippen LogP contribution < -0.4 is 5.32 Å². The number of hydrogen-bond donors (Lipinski definition) is 1. The second-order valence-corrected chi connectivity index (χ2v) is 13.7. The molecule has 46 heavy (non-hydrogen) atoms. The van der Waals surface area contributed by atoms with Crippen molar-refractivity contribution in [3.8, 4) is 11.8 Å². The highest BCUT2D eigenvalue weighted by Crippen LogP contribution is 2.33. The minimum Gasteiger partial charge on any atom is -0.444 e. The van der Waals surface area contributed by atoms with E-state index in [-0.39, 0.29) is 29.9 Å². The number of benzene rings is 2. The lowest BCUT2D eigenvalue weighted by Gasteiger charge is -2.36. The normalized spacial score (nSPS) is 17.4. The lowest BCUT2D eigenvalue weighted by atomic mass is 9.91. The summed E-state index contributed by atoms with van der Waals surface area (Å²) < 4.78 is 7.52. The van der Waals surface area contributed by atoms with Gasteiger partial charge in [-0.15, -0.1) is 0 Å². The third kappa shape index (κ3) is 7.37. The van der Waals surface area contributed by atoms with Crippen molar-refractivity contribution in [2.45, 2.75) is 71.6 Å². The maximum absolute atomic E-state index is 13.0. The Morgan fingerprint density at radius 1 is 0.978 bits per heavy atom. The van der Waals surface area contributed by atoms with Crippen molar-refractivity contribution in [1.29, 1.82) is 0 Å². The summed E-state index contributed by atoms with van der Waals surface area (Å²) in [6, 6.07) is 17.2. The molecule has 4 heterocycles. The van der Waals surface area contributed by atoms with Crippen molar-refractivity contribution in [3.05, 3.63) is 83.9 Å². The van der Waals surface area contributed by atoms with Gasteiger partial charge in [-0.2, -0.15) is 0 Å². The topological polar surface area (TPSA) is 79.2 Å². The molecule has 2 fully saturated rings. The molecule has 0 unspecified atom stereocenters. The van der Waals surface area contributed by atoms with Gasteiger partial charge in [0.25, 0.3) is 0 Å². The van der Waals surface area contributed by atoms with Gasteiger partial charge in [-0.25, -0.2) is 9.78 Å². The zero-order valence-corrected chi connectivity index (χ0v) is 27.5. The number of amides is 2. The first-order valence-corrected chi connectivity index (χ1v) is 16.6. The zero-order chi connectivity index (χ0) is 32.3. The number of likely N-dealkylation sites (tertiary alicyclic amines) is 2. The maximum atomic E-state index is 13.0. The second-order valence-electron chi connectivity index (χ2n) is 13.7. The Kier molecular flexibility index (Phi) is 9.32. The second kappa shape index (κ2) is 13.6. The number of carbonyl (C=O) groups excluding carboxylic acids is 2. The molecule has 2 aromatic carbocycles. The average molecular weight is 620 g/mol. The number of nitrogens with zero attached hydrogens (tertiary/aromatic N) is 4. The Labute approximate surface area is 272 Å². The third-order valence-electron chi connectivity index (χ3n) is 9.35. The first kappa shape index (κ1) is 31.6. The molecule has 2 amide bonds. The van der Waals surface area contributed by atoms with Crippen molar-refractivity contribution >= 4 is 28.3 Å². The van der Waals surface area contributed by atoms with Gasteiger partial charge in [-0.1, -0.05) is 48.2 Å². The number of pyridine rings is 1. The van der Waals surface area contributed by atoms with E-state index in [1.807, 2.05) is 49.7 Å². The van der Waals surface area contributed by atoms with Crippen LogP contribution in [0.15, 0.2) is 67.3 Å². The molecule has 8 heteroatoms. The fourth-order valence-electron chi connectivity index (χ4n) is 6.66. The number of imidazole rings is 1. The quantitative estimate of drug-likeness (QED) is 0.256. The first-order chi connectivity index (χ1) is 22.1. The van der Waals surface area contributed by atoms with Crippen molar-refractivity contribution < 1.29 is 14.3 Å². The molecule has 1 atom stereocenters. The number of nitrogens with one attached hydrogen (secondary N) is 1. The van der Waals surface area contributed by atoms with E-state index < -0.39 is 5.60 Å². The summed E-state index contributed by atoms with van der Waals surface area (Å²) in [7, 11) is 0.